The van der Waals surface area contributed by atoms with E-state index in [0.29, 0.717) is 30.3 Å². The van der Waals surface area contributed by atoms with Crippen molar-refractivity contribution in [1.82, 2.24) is 9.88 Å². The van der Waals surface area contributed by atoms with Gasteiger partial charge in [-0.05, 0) is 34.9 Å². The Morgan fingerprint density at radius 2 is 1.50 bits per heavy atom. The second kappa shape index (κ2) is 9.55. The van der Waals surface area contributed by atoms with Crippen LogP contribution in [0.3, 0.4) is 0 Å². The fourth-order valence-electron chi connectivity index (χ4n) is 4.52. The van der Waals surface area contributed by atoms with Crippen molar-refractivity contribution in [3.8, 4) is 22.6 Å². The third-order valence-electron chi connectivity index (χ3n) is 6.38. The Balaban J connectivity index is 1.32. The van der Waals surface area contributed by atoms with E-state index in [-0.39, 0.29) is 12.7 Å². The lowest BCUT2D eigenvalue weighted by molar-refractivity contribution is 0.0723. The minimum atomic E-state index is -0.135. The van der Waals surface area contributed by atoms with Crippen molar-refractivity contribution in [3.05, 3.63) is 126 Å². The lowest BCUT2D eigenvalue weighted by Crippen LogP contribution is -2.31. The predicted octanol–water partition coefficient (Wildman–Crippen LogP) is 6.47. The van der Waals surface area contributed by atoms with Crippen LogP contribution in [0.5, 0.6) is 11.5 Å². The summed E-state index contributed by atoms with van der Waals surface area (Å²) in [6.45, 7) is 1.00. The molecule has 5 heteroatoms. The third-order valence-corrected chi connectivity index (χ3v) is 6.38. The summed E-state index contributed by atoms with van der Waals surface area (Å²) >= 11 is 0. The van der Waals surface area contributed by atoms with Crippen LogP contribution >= 0.6 is 0 Å². The second-order valence-electron chi connectivity index (χ2n) is 8.76. The molecule has 4 aromatic carbocycles. The van der Waals surface area contributed by atoms with Crippen molar-refractivity contribution in [3.63, 3.8) is 0 Å². The first-order valence-corrected chi connectivity index (χ1v) is 11.9. The van der Waals surface area contributed by atoms with E-state index >= 15 is 0 Å². The molecule has 0 spiro atoms. The molecule has 0 unspecified atom stereocenters. The molecule has 0 aliphatic carbocycles. The molecule has 2 heterocycles. The number of fused-ring (bicyclic) bond motifs is 2. The van der Waals surface area contributed by atoms with Gasteiger partial charge in [-0.1, -0.05) is 91.0 Å². The molecule has 0 saturated heterocycles. The van der Waals surface area contributed by atoms with Gasteiger partial charge in [-0.2, -0.15) is 0 Å². The monoisotopic (exact) mass is 472 g/mol. The van der Waals surface area contributed by atoms with E-state index in [9.17, 15) is 4.79 Å². The lowest BCUT2D eigenvalue weighted by Gasteiger charge is -2.23. The molecule has 0 fully saturated rings. The van der Waals surface area contributed by atoms with Crippen molar-refractivity contribution < 1.29 is 14.3 Å². The largest absolute Gasteiger partial charge is 0.454 e. The van der Waals surface area contributed by atoms with Gasteiger partial charge in [0.25, 0.3) is 5.91 Å². The molecule has 0 saturated carbocycles. The normalized spacial score (nSPS) is 12.0. The number of rotatable bonds is 6. The maximum absolute atomic E-state index is 13.8. The van der Waals surface area contributed by atoms with Gasteiger partial charge in [-0.3, -0.25) is 4.79 Å². The summed E-state index contributed by atoms with van der Waals surface area (Å²) in [5, 5.41) is 1.00. The summed E-state index contributed by atoms with van der Waals surface area (Å²) in [6.07, 6.45) is 0. The maximum Gasteiger partial charge on any atom is 0.273 e. The molecule has 0 N–H and O–H groups in total. The third kappa shape index (κ3) is 4.39. The zero-order valence-electron chi connectivity index (χ0n) is 19.6. The van der Waals surface area contributed by atoms with Gasteiger partial charge >= 0.3 is 0 Å². The van der Waals surface area contributed by atoms with Crippen molar-refractivity contribution in [2.75, 3.05) is 6.79 Å². The summed E-state index contributed by atoms with van der Waals surface area (Å²) in [5.74, 6) is 1.27. The Labute approximate surface area is 209 Å². The molecule has 0 radical (unpaired) electrons. The van der Waals surface area contributed by atoms with Gasteiger partial charge in [-0.25, -0.2) is 4.98 Å². The molecule has 1 amide bonds. The second-order valence-corrected chi connectivity index (χ2v) is 8.76. The number of aromatic nitrogens is 1. The molecule has 0 bridgehead atoms. The summed E-state index contributed by atoms with van der Waals surface area (Å²) in [7, 11) is 0. The van der Waals surface area contributed by atoms with Crippen molar-refractivity contribution >= 4 is 16.8 Å². The zero-order chi connectivity index (χ0) is 24.3. The van der Waals surface area contributed by atoms with Crippen LogP contribution in [-0.4, -0.2) is 22.6 Å². The fraction of sp³-hybridized carbons (Fsp3) is 0.0968. The predicted molar refractivity (Wildman–Crippen MR) is 140 cm³/mol. The Kier molecular flexibility index (Phi) is 5.80. The molecule has 0 atom stereocenters. The van der Waals surface area contributed by atoms with E-state index in [1.54, 1.807) is 6.07 Å². The van der Waals surface area contributed by atoms with E-state index < -0.39 is 0 Å². The van der Waals surface area contributed by atoms with Gasteiger partial charge in [0.15, 0.2) is 11.5 Å². The lowest BCUT2D eigenvalue weighted by atomic mass is 10.0. The number of para-hydroxylation sites is 2. The van der Waals surface area contributed by atoms with Crippen LogP contribution in [0.25, 0.3) is 22.0 Å². The van der Waals surface area contributed by atoms with Gasteiger partial charge < -0.3 is 14.4 Å². The number of hydrogen-bond donors (Lipinski definition) is 0. The van der Waals surface area contributed by atoms with Crippen LogP contribution in [0.4, 0.5) is 0 Å². The van der Waals surface area contributed by atoms with Gasteiger partial charge in [-0.15, -0.1) is 0 Å². The SMILES string of the molecule is O=C(c1ccc2ccccc2n1)N(Cc1ccc(-c2ccccc2)cc1)Cc1cccc2c1OCO2. The number of ether oxygens (including phenoxy) is 2. The van der Waals surface area contributed by atoms with E-state index in [2.05, 4.69) is 41.4 Å². The average Bonchev–Trinajstić information content (AvgIpc) is 3.43. The van der Waals surface area contributed by atoms with Crippen LogP contribution in [0.15, 0.2) is 109 Å². The summed E-state index contributed by atoms with van der Waals surface area (Å²) in [4.78, 5) is 20.2. The summed E-state index contributed by atoms with van der Waals surface area (Å²) in [5.41, 5.74) is 5.45. The van der Waals surface area contributed by atoms with Gasteiger partial charge in [0.05, 0.1) is 12.1 Å². The molecule has 36 heavy (non-hydrogen) atoms. The fourth-order valence-corrected chi connectivity index (χ4v) is 4.52. The zero-order valence-corrected chi connectivity index (χ0v) is 19.6. The first-order valence-electron chi connectivity index (χ1n) is 11.9. The number of pyridine rings is 1. The molecular formula is C31H24N2O3. The Morgan fingerprint density at radius 3 is 2.36 bits per heavy atom. The minimum Gasteiger partial charge on any atom is -0.454 e. The van der Waals surface area contributed by atoms with Crippen molar-refractivity contribution in [2.45, 2.75) is 13.1 Å². The highest BCUT2D eigenvalue weighted by Crippen LogP contribution is 2.36. The highest BCUT2D eigenvalue weighted by molar-refractivity contribution is 5.95. The van der Waals surface area contributed by atoms with E-state index in [1.807, 2.05) is 71.6 Å². The van der Waals surface area contributed by atoms with Crippen molar-refractivity contribution in [2.24, 2.45) is 0 Å². The first kappa shape index (κ1) is 21.9. The number of nitrogens with zero attached hydrogens (tertiary/aromatic N) is 2. The van der Waals surface area contributed by atoms with E-state index in [1.165, 1.54) is 0 Å². The molecule has 6 rings (SSSR count). The number of amides is 1. The molecule has 1 aromatic heterocycles. The molecular weight excluding hydrogens is 448 g/mol. The first-order chi connectivity index (χ1) is 17.7. The maximum atomic E-state index is 13.8. The van der Waals surface area contributed by atoms with E-state index in [4.69, 9.17) is 9.47 Å². The smallest absolute Gasteiger partial charge is 0.273 e. The summed E-state index contributed by atoms with van der Waals surface area (Å²) in [6, 6.07) is 35.9. The van der Waals surface area contributed by atoms with Crippen LogP contribution in [0, 0.1) is 0 Å². The number of carbonyl (C=O) groups is 1. The molecule has 176 valence electrons. The highest BCUT2D eigenvalue weighted by Gasteiger charge is 2.23. The van der Waals surface area contributed by atoms with E-state index in [0.717, 1.165) is 33.2 Å². The Bertz CT molecular complexity index is 1530. The summed E-state index contributed by atoms with van der Waals surface area (Å²) < 4.78 is 11.3. The number of benzene rings is 4. The molecule has 5 aromatic rings. The number of hydrogen-bond acceptors (Lipinski definition) is 4. The standard InChI is InChI=1S/C31H24N2O3/c34-31(28-18-17-25-9-4-5-11-27(25)32-28)33(20-26-10-6-12-29-30(26)36-21-35-29)19-22-13-15-24(16-14-22)23-7-2-1-3-8-23/h1-18H,19-21H2. The topological polar surface area (TPSA) is 51.7 Å². The van der Waals surface area contributed by atoms with Crippen LogP contribution in [0.2, 0.25) is 0 Å². The quantitative estimate of drug-likeness (QED) is 0.284. The van der Waals surface area contributed by atoms with Crippen LogP contribution < -0.4 is 9.47 Å². The van der Waals surface area contributed by atoms with Crippen LogP contribution in [-0.2, 0) is 13.1 Å². The molecule has 5 nitrogen and oxygen atoms in total. The average molecular weight is 473 g/mol. The number of carbonyl (C=O) groups excluding carboxylic acids is 1. The highest BCUT2D eigenvalue weighted by atomic mass is 16.7. The Hall–Kier alpha value is -4.64. The van der Waals surface area contributed by atoms with Crippen LogP contribution in [0.1, 0.15) is 21.6 Å². The van der Waals surface area contributed by atoms with Gasteiger partial charge in [0, 0.05) is 17.5 Å². The van der Waals surface area contributed by atoms with Gasteiger partial charge in [0.1, 0.15) is 5.69 Å². The van der Waals surface area contributed by atoms with Crippen molar-refractivity contribution in [1.29, 1.82) is 0 Å². The molecule has 1 aliphatic heterocycles. The van der Waals surface area contributed by atoms with Gasteiger partial charge in [0.2, 0.25) is 6.79 Å². The molecule has 1 aliphatic rings. The minimum absolute atomic E-state index is 0.135. The Morgan fingerprint density at radius 1 is 0.722 bits per heavy atom.